The summed E-state index contributed by atoms with van der Waals surface area (Å²) in [6.07, 6.45) is 0.132. The molecular formula is C20H23FN4O2. The molecule has 3 rings (SSSR count). The number of rotatable bonds is 5. The molecule has 2 aromatic carbocycles. The number of urea groups is 1. The van der Waals surface area contributed by atoms with Crippen molar-refractivity contribution < 1.29 is 14.0 Å². The minimum absolute atomic E-state index is 0.0641. The fraction of sp³-hybridized carbons (Fsp3) is 0.300. The third kappa shape index (κ3) is 4.75. The molecule has 2 aromatic rings. The standard InChI is InChI=1S/C20H23FN4O2/c21-16-8-4-5-9-18(16)24-10-12-25(13-11-24)19(26)14-17(23-20(22)27)15-6-2-1-3-7-15/h1-9,17H,10-14H2,(H3,22,23,27). The largest absolute Gasteiger partial charge is 0.366 e. The number of hydrogen-bond donors (Lipinski definition) is 2. The molecule has 6 nitrogen and oxygen atoms in total. The average Bonchev–Trinajstić information content (AvgIpc) is 2.68. The van der Waals surface area contributed by atoms with Crippen molar-refractivity contribution in [1.82, 2.24) is 10.2 Å². The Kier molecular flexibility index (Phi) is 5.90. The van der Waals surface area contributed by atoms with Gasteiger partial charge >= 0.3 is 6.03 Å². The van der Waals surface area contributed by atoms with E-state index < -0.39 is 12.1 Å². The van der Waals surface area contributed by atoms with Gasteiger partial charge in [0.1, 0.15) is 5.82 Å². The maximum atomic E-state index is 13.9. The first kappa shape index (κ1) is 18.7. The number of carbonyl (C=O) groups excluding carboxylic acids is 2. The highest BCUT2D eigenvalue weighted by atomic mass is 19.1. The van der Waals surface area contributed by atoms with Gasteiger partial charge in [0.05, 0.1) is 18.2 Å². The van der Waals surface area contributed by atoms with Gasteiger partial charge in [0.25, 0.3) is 0 Å². The number of halogens is 1. The molecule has 1 saturated heterocycles. The van der Waals surface area contributed by atoms with E-state index in [-0.39, 0.29) is 18.1 Å². The molecule has 0 radical (unpaired) electrons. The molecule has 7 heteroatoms. The molecular weight excluding hydrogens is 347 g/mol. The highest BCUT2D eigenvalue weighted by Crippen LogP contribution is 2.22. The normalized spacial score (nSPS) is 15.3. The molecule has 0 saturated carbocycles. The van der Waals surface area contributed by atoms with Crippen LogP contribution in [0.25, 0.3) is 0 Å². The van der Waals surface area contributed by atoms with E-state index in [4.69, 9.17) is 5.73 Å². The Bertz CT molecular complexity index is 792. The first-order valence-corrected chi connectivity index (χ1v) is 8.93. The van der Waals surface area contributed by atoms with Crippen molar-refractivity contribution in [3.05, 3.63) is 66.0 Å². The van der Waals surface area contributed by atoms with E-state index >= 15 is 0 Å². The molecule has 3 N–H and O–H groups in total. The molecule has 0 aromatic heterocycles. The number of piperazine rings is 1. The fourth-order valence-electron chi connectivity index (χ4n) is 3.32. The lowest BCUT2D eigenvalue weighted by Gasteiger charge is -2.36. The highest BCUT2D eigenvalue weighted by molar-refractivity contribution is 5.79. The summed E-state index contributed by atoms with van der Waals surface area (Å²) in [6, 6.07) is 14.8. The lowest BCUT2D eigenvalue weighted by Crippen LogP contribution is -2.49. The molecule has 0 aliphatic carbocycles. The lowest BCUT2D eigenvalue weighted by atomic mass is 10.0. The van der Waals surface area contributed by atoms with Gasteiger partial charge in [-0.3, -0.25) is 4.79 Å². The van der Waals surface area contributed by atoms with Crippen molar-refractivity contribution in [1.29, 1.82) is 0 Å². The van der Waals surface area contributed by atoms with Crippen molar-refractivity contribution >= 4 is 17.6 Å². The van der Waals surface area contributed by atoms with Crippen molar-refractivity contribution in [3.8, 4) is 0 Å². The Hall–Kier alpha value is -3.09. The van der Waals surface area contributed by atoms with Crippen LogP contribution in [0.15, 0.2) is 54.6 Å². The van der Waals surface area contributed by atoms with E-state index in [1.807, 2.05) is 35.2 Å². The molecule has 0 spiro atoms. The number of primary amides is 1. The number of anilines is 1. The number of amides is 3. The SMILES string of the molecule is NC(=O)NC(CC(=O)N1CCN(c2ccccc2F)CC1)c1ccccc1. The number of hydrogen-bond acceptors (Lipinski definition) is 3. The molecule has 1 unspecified atom stereocenters. The van der Waals surface area contributed by atoms with Gasteiger partial charge in [-0.05, 0) is 17.7 Å². The molecule has 1 heterocycles. The minimum Gasteiger partial charge on any atom is -0.366 e. The third-order valence-electron chi connectivity index (χ3n) is 4.72. The zero-order chi connectivity index (χ0) is 19.2. The van der Waals surface area contributed by atoms with Gasteiger partial charge in [0.2, 0.25) is 5.91 Å². The summed E-state index contributed by atoms with van der Waals surface area (Å²) in [4.78, 5) is 27.7. The van der Waals surface area contributed by atoms with E-state index in [9.17, 15) is 14.0 Å². The molecule has 27 heavy (non-hydrogen) atoms. The zero-order valence-electron chi connectivity index (χ0n) is 15.0. The van der Waals surface area contributed by atoms with Gasteiger partial charge < -0.3 is 20.9 Å². The average molecular weight is 370 g/mol. The smallest absolute Gasteiger partial charge is 0.312 e. The lowest BCUT2D eigenvalue weighted by molar-refractivity contribution is -0.132. The summed E-state index contributed by atoms with van der Waals surface area (Å²) in [7, 11) is 0. The van der Waals surface area contributed by atoms with Gasteiger partial charge in [-0.1, -0.05) is 42.5 Å². The summed E-state index contributed by atoms with van der Waals surface area (Å²) < 4.78 is 13.9. The number of nitrogens with one attached hydrogen (secondary N) is 1. The second-order valence-corrected chi connectivity index (χ2v) is 6.50. The monoisotopic (exact) mass is 370 g/mol. The quantitative estimate of drug-likeness (QED) is 0.848. The summed E-state index contributed by atoms with van der Waals surface area (Å²) in [5.74, 6) is -0.321. The third-order valence-corrected chi connectivity index (χ3v) is 4.72. The van der Waals surface area contributed by atoms with Crippen molar-refractivity contribution in [3.63, 3.8) is 0 Å². The van der Waals surface area contributed by atoms with E-state index in [1.165, 1.54) is 6.07 Å². The van der Waals surface area contributed by atoms with Crippen LogP contribution >= 0.6 is 0 Å². The van der Waals surface area contributed by atoms with E-state index in [0.29, 0.717) is 31.9 Å². The maximum Gasteiger partial charge on any atom is 0.312 e. The van der Waals surface area contributed by atoms with Crippen LogP contribution in [0, 0.1) is 5.82 Å². The summed E-state index contributed by atoms with van der Waals surface area (Å²) >= 11 is 0. The number of benzene rings is 2. The second-order valence-electron chi connectivity index (χ2n) is 6.50. The first-order chi connectivity index (χ1) is 13.0. The molecule has 3 amide bonds. The Morgan fingerprint density at radius 2 is 1.63 bits per heavy atom. The van der Waals surface area contributed by atoms with Crippen LogP contribution in [0.5, 0.6) is 0 Å². The second kappa shape index (κ2) is 8.53. The van der Waals surface area contributed by atoms with Gasteiger partial charge in [-0.2, -0.15) is 0 Å². The molecule has 1 aliphatic rings. The molecule has 1 atom stereocenters. The topological polar surface area (TPSA) is 78.7 Å². The summed E-state index contributed by atoms with van der Waals surface area (Å²) in [5, 5.41) is 2.64. The van der Waals surface area contributed by atoms with Crippen LogP contribution in [0.1, 0.15) is 18.0 Å². The number of nitrogens with zero attached hydrogens (tertiary/aromatic N) is 2. The van der Waals surface area contributed by atoms with Crippen molar-refractivity contribution in [2.24, 2.45) is 5.73 Å². The predicted molar refractivity (Wildman–Crippen MR) is 102 cm³/mol. The number of carbonyl (C=O) groups is 2. The van der Waals surface area contributed by atoms with E-state index in [1.54, 1.807) is 23.1 Å². The Morgan fingerprint density at radius 1 is 1.00 bits per heavy atom. The van der Waals surface area contributed by atoms with Crippen LogP contribution < -0.4 is 16.0 Å². The Balaban J connectivity index is 1.61. The minimum atomic E-state index is -0.666. The molecule has 1 fully saturated rings. The van der Waals surface area contributed by atoms with Crippen LogP contribution in [0.2, 0.25) is 0 Å². The molecule has 142 valence electrons. The van der Waals surface area contributed by atoms with Crippen LogP contribution in [0.3, 0.4) is 0 Å². The van der Waals surface area contributed by atoms with E-state index in [2.05, 4.69) is 5.32 Å². The molecule has 0 bridgehead atoms. The van der Waals surface area contributed by atoms with E-state index in [0.717, 1.165) is 5.56 Å². The number of para-hydroxylation sites is 1. The van der Waals surface area contributed by atoms with Crippen molar-refractivity contribution in [2.45, 2.75) is 12.5 Å². The van der Waals surface area contributed by atoms with Crippen molar-refractivity contribution in [2.75, 3.05) is 31.1 Å². The molecule has 1 aliphatic heterocycles. The number of nitrogens with two attached hydrogens (primary N) is 1. The summed E-state index contributed by atoms with van der Waals surface area (Å²) in [6.45, 7) is 2.13. The van der Waals surface area contributed by atoms with Gasteiger partial charge in [0, 0.05) is 26.2 Å². The van der Waals surface area contributed by atoms with Crippen LogP contribution in [-0.2, 0) is 4.79 Å². The van der Waals surface area contributed by atoms with Gasteiger partial charge in [0.15, 0.2) is 0 Å². The predicted octanol–water partition coefficient (Wildman–Crippen LogP) is 2.27. The van der Waals surface area contributed by atoms with Gasteiger partial charge in [-0.15, -0.1) is 0 Å². The van der Waals surface area contributed by atoms with Crippen LogP contribution in [-0.4, -0.2) is 43.0 Å². The first-order valence-electron chi connectivity index (χ1n) is 8.93. The Morgan fingerprint density at radius 3 is 2.26 bits per heavy atom. The Labute approximate surface area is 157 Å². The van der Waals surface area contributed by atoms with Gasteiger partial charge in [-0.25, -0.2) is 9.18 Å². The zero-order valence-corrected chi connectivity index (χ0v) is 15.0. The highest BCUT2D eigenvalue weighted by Gasteiger charge is 2.25. The fourth-order valence-corrected chi connectivity index (χ4v) is 3.32. The maximum absolute atomic E-state index is 13.9. The van der Waals surface area contributed by atoms with Crippen LogP contribution in [0.4, 0.5) is 14.9 Å². The summed E-state index contributed by atoms with van der Waals surface area (Å²) in [5.41, 5.74) is 6.65.